The summed E-state index contributed by atoms with van der Waals surface area (Å²) >= 11 is 0. The molecule has 0 radical (unpaired) electrons. The lowest BCUT2D eigenvalue weighted by atomic mass is 9.96. The van der Waals surface area contributed by atoms with Crippen molar-refractivity contribution in [3.05, 3.63) is 17.5 Å². The van der Waals surface area contributed by atoms with Gasteiger partial charge in [0.05, 0.1) is 17.8 Å². The monoisotopic (exact) mass is 254 g/mol. The van der Waals surface area contributed by atoms with E-state index in [-0.39, 0.29) is 12.1 Å². The summed E-state index contributed by atoms with van der Waals surface area (Å²) in [6, 6.07) is 2.23. The maximum absolute atomic E-state index is 5.66. The second-order valence-electron chi connectivity index (χ2n) is 5.03. The number of aryl methyl sites for hydroxylation is 2. The minimum Gasteiger partial charge on any atom is -0.380 e. The van der Waals surface area contributed by atoms with E-state index in [1.54, 1.807) is 7.11 Å². The van der Waals surface area contributed by atoms with Gasteiger partial charge in [-0.2, -0.15) is 5.10 Å². The van der Waals surface area contributed by atoms with Crippen LogP contribution in [0.25, 0.3) is 0 Å². The van der Waals surface area contributed by atoms with Crippen LogP contribution < -0.4 is 11.3 Å². The van der Waals surface area contributed by atoms with E-state index in [4.69, 9.17) is 10.6 Å². The fourth-order valence-electron chi connectivity index (χ4n) is 2.33. The van der Waals surface area contributed by atoms with E-state index >= 15 is 0 Å². The van der Waals surface area contributed by atoms with E-state index in [0.29, 0.717) is 5.92 Å². The normalized spacial score (nSPS) is 15.1. The molecule has 0 spiro atoms. The molecule has 5 heteroatoms. The van der Waals surface area contributed by atoms with Gasteiger partial charge in [0.1, 0.15) is 0 Å². The van der Waals surface area contributed by atoms with Crippen molar-refractivity contribution < 1.29 is 4.74 Å². The van der Waals surface area contributed by atoms with E-state index in [9.17, 15) is 0 Å². The van der Waals surface area contributed by atoms with Gasteiger partial charge in [0.2, 0.25) is 0 Å². The van der Waals surface area contributed by atoms with E-state index in [2.05, 4.69) is 37.4 Å². The molecule has 0 aliphatic heterocycles. The molecule has 104 valence electrons. The van der Waals surface area contributed by atoms with Gasteiger partial charge in [-0.3, -0.25) is 16.0 Å². The number of ether oxygens (including phenoxy) is 1. The summed E-state index contributed by atoms with van der Waals surface area (Å²) in [5, 5.41) is 4.45. The quantitative estimate of drug-likeness (QED) is 0.563. The zero-order valence-corrected chi connectivity index (χ0v) is 12.1. The number of aromatic nitrogens is 2. The summed E-state index contributed by atoms with van der Waals surface area (Å²) in [4.78, 5) is 0. The minimum atomic E-state index is 0.0926. The van der Waals surface area contributed by atoms with Gasteiger partial charge in [0, 0.05) is 26.3 Å². The smallest absolute Gasteiger partial charge is 0.0764 e. The lowest BCUT2D eigenvalue weighted by Gasteiger charge is -2.28. The number of rotatable bonds is 7. The van der Waals surface area contributed by atoms with Crippen molar-refractivity contribution in [2.45, 2.75) is 45.8 Å². The number of hydrogen-bond acceptors (Lipinski definition) is 4. The largest absolute Gasteiger partial charge is 0.380 e. The molecule has 0 saturated heterocycles. The highest BCUT2D eigenvalue weighted by Gasteiger charge is 2.24. The van der Waals surface area contributed by atoms with Crippen molar-refractivity contribution in [2.24, 2.45) is 18.8 Å². The Morgan fingerprint density at radius 3 is 2.56 bits per heavy atom. The third kappa shape index (κ3) is 3.54. The molecule has 5 nitrogen and oxygen atoms in total. The van der Waals surface area contributed by atoms with Gasteiger partial charge < -0.3 is 4.74 Å². The Morgan fingerprint density at radius 2 is 2.17 bits per heavy atom. The van der Waals surface area contributed by atoms with Gasteiger partial charge in [-0.15, -0.1) is 0 Å². The predicted molar refractivity (Wildman–Crippen MR) is 73.0 cm³/mol. The van der Waals surface area contributed by atoms with Gasteiger partial charge in [0.25, 0.3) is 0 Å². The standard InChI is InChI=1S/C13H26N4O/c1-6-10-7-11(17(4)16-10)8-12(15-14)13(18-5)9(2)3/h7,9,12-13,15H,6,8,14H2,1-5H3. The van der Waals surface area contributed by atoms with Gasteiger partial charge in [-0.1, -0.05) is 20.8 Å². The molecule has 0 aliphatic carbocycles. The Kier molecular flexibility index (Phi) is 5.78. The summed E-state index contributed by atoms with van der Waals surface area (Å²) in [6.45, 7) is 6.38. The molecule has 0 aliphatic rings. The molecule has 1 rings (SSSR count). The molecule has 0 amide bonds. The van der Waals surface area contributed by atoms with Crippen LogP contribution in [0.2, 0.25) is 0 Å². The first-order valence-corrected chi connectivity index (χ1v) is 6.54. The summed E-state index contributed by atoms with van der Waals surface area (Å²) in [7, 11) is 3.70. The second-order valence-corrected chi connectivity index (χ2v) is 5.03. The Morgan fingerprint density at radius 1 is 1.50 bits per heavy atom. The molecular weight excluding hydrogens is 228 g/mol. The van der Waals surface area contributed by atoms with Crippen molar-refractivity contribution in [1.29, 1.82) is 0 Å². The third-order valence-corrected chi connectivity index (χ3v) is 3.36. The zero-order chi connectivity index (χ0) is 13.7. The van der Waals surface area contributed by atoms with E-state index in [0.717, 1.165) is 18.5 Å². The van der Waals surface area contributed by atoms with Crippen molar-refractivity contribution in [1.82, 2.24) is 15.2 Å². The van der Waals surface area contributed by atoms with Crippen LogP contribution in [0.4, 0.5) is 0 Å². The summed E-state index contributed by atoms with van der Waals surface area (Å²) in [5.41, 5.74) is 5.16. The van der Waals surface area contributed by atoms with Crippen molar-refractivity contribution in [3.8, 4) is 0 Å². The van der Waals surface area contributed by atoms with E-state index in [1.807, 2.05) is 11.7 Å². The highest BCUT2D eigenvalue weighted by molar-refractivity contribution is 5.12. The molecule has 0 aromatic carbocycles. The second kappa shape index (κ2) is 6.87. The molecule has 0 saturated carbocycles. The molecule has 3 N–H and O–H groups in total. The SMILES string of the molecule is CCc1cc(CC(NN)C(OC)C(C)C)n(C)n1. The molecule has 2 unspecified atom stereocenters. The zero-order valence-electron chi connectivity index (χ0n) is 12.1. The van der Waals surface area contributed by atoms with Crippen LogP contribution in [0.1, 0.15) is 32.2 Å². The summed E-state index contributed by atoms with van der Waals surface area (Å²) < 4.78 is 7.46. The molecule has 0 bridgehead atoms. The number of methoxy groups -OCH3 is 1. The lowest BCUT2D eigenvalue weighted by Crippen LogP contribution is -2.48. The van der Waals surface area contributed by atoms with Crippen molar-refractivity contribution in [3.63, 3.8) is 0 Å². The molecule has 1 aromatic rings. The van der Waals surface area contributed by atoms with Crippen molar-refractivity contribution >= 4 is 0 Å². The molecule has 18 heavy (non-hydrogen) atoms. The molecule has 0 fully saturated rings. The van der Waals surface area contributed by atoms with Crippen LogP contribution in [0, 0.1) is 5.92 Å². The minimum absolute atomic E-state index is 0.0926. The molecular formula is C13H26N4O. The molecule has 2 atom stereocenters. The Balaban J connectivity index is 2.81. The fourth-order valence-corrected chi connectivity index (χ4v) is 2.33. The average Bonchev–Trinajstić information content (AvgIpc) is 2.69. The van der Waals surface area contributed by atoms with Gasteiger partial charge in [-0.25, -0.2) is 0 Å². The van der Waals surface area contributed by atoms with Gasteiger partial charge in [-0.05, 0) is 18.4 Å². The highest BCUT2D eigenvalue weighted by atomic mass is 16.5. The third-order valence-electron chi connectivity index (χ3n) is 3.36. The lowest BCUT2D eigenvalue weighted by molar-refractivity contribution is 0.0327. The summed E-state index contributed by atoms with van der Waals surface area (Å²) in [6.07, 6.45) is 1.86. The number of hydrazine groups is 1. The van der Waals surface area contributed by atoms with Crippen LogP contribution in [0.5, 0.6) is 0 Å². The first-order chi connectivity index (χ1) is 8.53. The van der Waals surface area contributed by atoms with E-state index in [1.165, 1.54) is 5.69 Å². The summed E-state index contributed by atoms with van der Waals surface area (Å²) in [5.74, 6) is 6.08. The number of nitrogens with zero attached hydrogens (tertiary/aromatic N) is 2. The Hall–Kier alpha value is -0.910. The number of nitrogens with two attached hydrogens (primary N) is 1. The van der Waals surface area contributed by atoms with Crippen LogP contribution in [0.15, 0.2) is 6.07 Å². The van der Waals surface area contributed by atoms with Crippen LogP contribution >= 0.6 is 0 Å². The topological polar surface area (TPSA) is 65.1 Å². The first-order valence-electron chi connectivity index (χ1n) is 6.54. The maximum atomic E-state index is 5.66. The van der Waals surface area contributed by atoms with Crippen LogP contribution in [-0.2, 0) is 24.6 Å². The van der Waals surface area contributed by atoms with Gasteiger partial charge >= 0.3 is 0 Å². The molecule has 1 aromatic heterocycles. The predicted octanol–water partition coefficient (Wildman–Crippen LogP) is 1.03. The van der Waals surface area contributed by atoms with E-state index < -0.39 is 0 Å². The van der Waals surface area contributed by atoms with Crippen LogP contribution in [-0.4, -0.2) is 29.0 Å². The maximum Gasteiger partial charge on any atom is 0.0764 e. The van der Waals surface area contributed by atoms with Gasteiger partial charge in [0.15, 0.2) is 0 Å². The Bertz CT molecular complexity index is 362. The van der Waals surface area contributed by atoms with Crippen molar-refractivity contribution in [2.75, 3.05) is 7.11 Å². The molecule has 1 heterocycles. The number of nitrogens with one attached hydrogen (secondary N) is 1. The highest BCUT2D eigenvalue weighted by Crippen LogP contribution is 2.15. The fraction of sp³-hybridized carbons (Fsp3) is 0.769. The number of hydrogen-bond donors (Lipinski definition) is 2. The van der Waals surface area contributed by atoms with Crippen LogP contribution in [0.3, 0.4) is 0 Å². The first kappa shape index (κ1) is 15.1. The Labute approximate surface area is 110 Å². The average molecular weight is 254 g/mol.